The largest absolute Gasteiger partial charge is 0.374 e. The third-order valence-corrected chi connectivity index (χ3v) is 3.05. The number of ether oxygens (including phenoxy) is 2. The molecule has 1 saturated heterocycles. The number of nitrogens with one attached hydrogen (secondary N) is 1. The van der Waals surface area contributed by atoms with E-state index < -0.39 is 11.8 Å². The van der Waals surface area contributed by atoms with Crippen LogP contribution in [0.1, 0.15) is 18.9 Å². The average Bonchev–Trinajstić information content (AvgIpc) is 2.71. The van der Waals surface area contributed by atoms with E-state index in [9.17, 15) is 9.90 Å². The molecule has 2 atom stereocenters. The van der Waals surface area contributed by atoms with Crippen molar-refractivity contribution in [1.29, 1.82) is 0 Å². The molecule has 0 aromatic heterocycles. The lowest BCUT2D eigenvalue weighted by Crippen LogP contribution is -2.52. The lowest BCUT2D eigenvalue weighted by molar-refractivity contribution is -0.122. The highest BCUT2D eigenvalue weighted by Gasteiger charge is 2.40. The summed E-state index contributed by atoms with van der Waals surface area (Å²) in [5.41, 5.74) is 0.444. The van der Waals surface area contributed by atoms with Crippen molar-refractivity contribution in [2.24, 2.45) is 0 Å². The van der Waals surface area contributed by atoms with Crippen molar-refractivity contribution in [1.82, 2.24) is 5.32 Å². The Morgan fingerprint density at radius 1 is 1.53 bits per heavy atom. The van der Waals surface area contributed by atoms with Crippen molar-refractivity contribution in [3.05, 3.63) is 35.9 Å². The molecule has 1 fully saturated rings. The first-order valence-electron chi connectivity index (χ1n) is 6.30. The minimum atomic E-state index is -0.841. The van der Waals surface area contributed by atoms with E-state index in [0.29, 0.717) is 19.6 Å². The average molecular weight is 265 g/mol. The smallest absolute Gasteiger partial charge is 0.217 e. The van der Waals surface area contributed by atoms with Gasteiger partial charge in [-0.3, -0.25) is 4.79 Å². The van der Waals surface area contributed by atoms with Crippen LogP contribution in [-0.4, -0.2) is 36.1 Å². The molecule has 0 radical (unpaired) electrons. The minimum Gasteiger partial charge on any atom is -0.374 e. The van der Waals surface area contributed by atoms with Gasteiger partial charge in [-0.05, 0) is 5.56 Å². The second kappa shape index (κ2) is 6.14. The zero-order chi connectivity index (χ0) is 13.7. The van der Waals surface area contributed by atoms with E-state index in [1.807, 2.05) is 30.3 Å². The molecule has 5 nitrogen and oxygen atoms in total. The number of carbonyl (C=O) groups is 1. The van der Waals surface area contributed by atoms with Crippen LogP contribution in [0.4, 0.5) is 0 Å². The van der Waals surface area contributed by atoms with Crippen LogP contribution >= 0.6 is 0 Å². The second-order valence-electron chi connectivity index (χ2n) is 4.91. The topological polar surface area (TPSA) is 67.8 Å². The molecule has 1 heterocycles. The van der Waals surface area contributed by atoms with Crippen LogP contribution in [0.2, 0.25) is 0 Å². The molecule has 0 saturated carbocycles. The molecular formula is C14H19NO4. The highest BCUT2D eigenvalue weighted by molar-refractivity contribution is 5.73. The standard InChI is InChI=1S/C14H19NO4/c1-11(16)15-14(7-13(17)19-10-14)9-18-8-12-5-3-2-4-6-12/h2-6,13,17H,7-10H2,1H3,(H,15,16)/t13?,14-/m1/s1. The van der Waals surface area contributed by atoms with Gasteiger partial charge in [0.25, 0.3) is 0 Å². The number of aliphatic hydroxyl groups excluding tert-OH is 1. The van der Waals surface area contributed by atoms with Crippen molar-refractivity contribution in [3.63, 3.8) is 0 Å². The third-order valence-electron chi connectivity index (χ3n) is 3.05. The molecule has 1 aromatic carbocycles. The quantitative estimate of drug-likeness (QED) is 0.827. The molecule has 2 rings (SSSR count). The Hall–Kier alpha value is -1.43. The number of rotatable bonds is 5. The number of benzene rings is 1. The van der Waals surface area contributed by atoms with Crippen LogP contribution < -0.4 is 5.32 Å². The van der Waals surface area contributed by atoms with E-state index in [-0.39, 0.29) is 12.5 Å². The maximum atomic E-state index is 11.2. The van der Waals surface area contributed by atoms with Gasteiger partial charge in [-0.1, -0.05) is 30.3 Å². The summed E-state index contributed by atoms with van der Waals surface area (Å²) in [5.74, 6) is -0.152. The fourth-order valence-electron chi connectivity index (χ4n) is 2.24. The molecule has 5 heteroatoms. The molecule has 1 amide bonds. The summed E-state index contributed by atoms with van der Waals surface area (Å²) in [7, 11) is 0. The van der Waals surface area contributed by atoms with Gasteiger partial charge in [-0.25, -0.2) is 0 Å². The van der Waals surface area contributed by atoms with E-state index in [1.54, 1.807) is 0 Å². The predicted octanol–water partition coefficient (Wildman–Crippen LogP) is 0.817. The van der Waals surface area contributed by atoms with Crippen LogP contribution in [0.3, 0.4) is 0 Å². The van der Waals surface area contributed by atoms with Gasteiger partial charge in [-0.15, -0.1) is 0 Å². The third kappa shape index (κ3) is 4.02. The minimum absolute atomic E-state index is 0.152. The predicted molar refractivity (Wildman–Crippen MR) is 69.2 cm³/mol. The molecule has 1 aliphatic rings. The summed E-state index contributed by atoms with van der Waals surface area (Å²) in [6, 6.07) is 9.80. The van der Waals surface area contributed by atoms with E-state index in [4.69, 9.17) is 9.47 Å². The van der Waals surface area contributed by atoms with Crippen molar-refractivity contribution in [2.45, 2.75) is 31.8 Å². The Morgan fingerprint density at radius 3 is 2.84 bits per heavy atom. The molecule has 0 aliphatic carbocycles. The summed E-state index contributed by atoms with van der Waals surface area (Å²) in [6.07, 6.45) is -0.492. The van der Waals surface area contributed by atoms with Crippen molar-refractivity contribution in [2.75, 3.05) is 13.2 Å². The van der Waals surface area contributed by atoms with E-state index >= 15 is 0 Å². The summed E-state index contributed by atoms with van der Waals surface area (Å²) in [4.78, 5) is 11.2. The number of hydrogen-bond donors (Lipinski definition) is 2. The first kappa shape index (κ1) is 14.0. The zero-order valence-electron chi connectivity index (χ0n) is 11.0. The molecule has 1 unspecified atom stereocenters. The first-order valence-corrected chi connectivity index (χ1v) is 6.30. The van der Waals surface area contributed by atoms with Gasteiger partial charge >= 0.3 is 0 Å². The van der Waals surface area contributed by atoms with E-state index in [2.05, 4.69) is 5.32 Å². The normalized spacial score (nSPS) is 26.3. The highest BCUT2D eigenvalue weighted by Crippen LogP contribution is 2.23. The Morgan fingerprint density at radius 2 is 2.26 bits per heavy atom. The van der Waals surface area contributed by atoms with Gasteiger partial charge in [0.15, 0.2) is 6.29 Å². The van der Waals surface area contributed by atoms with Crippen LogP contribution in [0, 0.1) is 0 Å². The SMILES string of the molecule is CC(=O)N[C@]1(COCc2ccccc2)COC(O)C1. The summed E-state index contributed by atoms with van der Waals surface area (Å²) >= 11 is 0. The van der Waals surface area contributed by atoms with Crippen LogP contribution in [0.5, 0.6) is 0 Å². The molecular weight excluding hydrogens is 246 g/mol. The van der Waals surface area contributed by atoms with Gasteiger partial charge in [0, 0.05) is 13.3 Å². The van der Waals surface area contributed by atoms with Crippen molar-refractivity contribution >= 4 is 5.91 Å². The molecule has 0 spiro atoms. The van der Waals surface area contributed by atoms with Crippen LogP contribution in [-0.2, 0) is 20.9 Å². The van der Waals surface area contributed by atoms with Gasteiger partial charge in [0.2, 0.25) is 5.91 Å². The second-order valence-corrected chi connectivity index (χ2v) is 4.91. The van der Waals surface area contributed by atoms with Crippen LogP contribution in [0.25, 0.3) is 0 Å². The maximum absolute atomic E-state index is 11.2. The number of aliphatic hydroxyl groups is 1. The van der Waals surface area contributed by atoms with Gasteiger partial charge in [0.05, 0.1) is 25.4 Å². The maximum Gasteiger partial charge on any atom is 0.217 e. The van der Waals surface area contributed by atoms with Crippen molar-refractivity contribution < 1.29 is 19.4 Å². The lowest BCUT2D eigenvalue weighted by Gasteiger charge is -2.27. The molecule has 19 heavy (non-hydrogen) atoms. The summed E-state index contributed by atoms with van der Waals surface area (Å²) < 4.78 is 10.8. The van der Waals surface area contributed by atoms with E-state index in [0.717, 1.165) is 5.56 Å². The van der Waals surface area contributed by atoms with E-state index in [1.165, 1.54) is 6.92 Å². The Balaban J connectivity index is 1.89. The summed E-state index contributed by atoms with van der Waals surface area (Å²) in [5, 5.41) is 12.3. The fraction of sp³-hybridized carbons (Fsp3) is 0.500. The summed E-state index contributed by atoms with van der Waals surface area (Å²) in [6.45, 7) is 2.50. The molecule has 0 bridgehead atoms. The first-order chi connectivity index (χ1) is 9.10. The van der Waals surface area contributed by atoms with Crippen molar-refractivity contribution in [3.8, 4) is 0 Å². The van der Waals surface area contributed by atoms with Gasteiger partial charge < -0.3 is 19.9 Å². The molecule has 2 N–H and O–H groups in total. The lowest BCUT2D eigenvalue weighted by atomic mass is 9.99. The molecule has 1 aliphatic heterocycles. The number of carbonyl (C=O) groups excluding carboxylic acids is 1. The number of hydrogen-bond acceptors (Lipinski definition) is 4. The van der Waals surface area contributed by atoms with Gasteiger partial charge in [-0.2, -0.15) is 0 Å². The zero-order valence-corrected chi connectivity index (χ0v) is 11.0. The Bertz CT molecular complexity index is 423. The number of amides is 1. The van der Waals surface area contributed by atoms with Gasteiger partial charge in [0.1, 0.15) is 0 Å². The molecule has 104 valence electrons. The Labute approximate surface area is 112 Å². The fourth-order valence-corrected chi connectivity index (χ4v) is 2.24. The van der Waals surface area contributed by atoms with Crippen LogP contribution in [0.15, 0.2) is 30.3 Å². The monoisotopic (exact) mass is 265 g/mol. The Kier molecular flexibility index (Phi) is 4.52. The highest BCUT2D eigenvalue weighted by atomic mass is 16.6. The molecule has 1 aromatic rings.